The quantitative estimate of drug-likeness (QED) is 0.356. The van der Waals surface area contributed by atoms with Gasteiger partial charge in [0.15, 0.2) is 17.3 Å². The van der Waals surface area contributed by atoms with Gasteiger partial charge >= 0.3 is 0 Å². The minimum absolute atomic E-state index is 0.0200. The van der Waals surface area contributed by atoms with E-state index in [1.807, 2.05) is 44.2 Å². The van der Waals surface area contributed by atoms with Crippen molar-refractivity contribution < 1.29 is 9.47 Å². The van der Waals surface area contributed by atoms with Gasteiger partial charge in [-0.3, -0.25) is 4.98 Å². The first-order valence-electron chi connectivity index (χ1n) is 9.63. The van der Waals surface area contributed by atoms with E-state index in [0.29, 0.717) is 38.7 Å². The number of methoxy groups -OCH3 is 1. The number of benzene rings is 2. The number of aromatic nitrogens is 3. The number of hydrogen-bond acceptors (Lipinski definition) is 6. The number of nitrogens with one attached hydrogen (secondary N) is 1. The number of halogens is 2. The zero-order valence-corrected chi connectivity index (χ0v) is 18.7. The van der Waals surface area contributed by atoms with Crippen molar-refractivity contribution in [2.75, 3.05) is 12.4 Å². The highest BCUT2D eigenvalue weighted by Gasteiger charge is 2.16. The van der Waals surface area contributed by atoms with E-state index in [2.05, 4.69) is 10.3 Å². The number of hydrogen-bond donors (Lipinski definition) is 1. The van der Waals surface area contributed by atoms with E-state index < -0.39 is 0 Å². The zero-order valence-electron chi connectivity index (χ0n) is 17.2. The molecule has 0 unspecified atom stereocenters. The maximum Gasteiger partial charge on any atom is 0.163 e. The molecule has 1 N–H and O–H groups in total. The van der Waals surface area contributed by atoms with Crippen LogP contribution in [0.1, 0.15) is 13.8 Å². The van der Waals surface area contributed by atoms with Gasteiger partial charge in [0, 0.05) is 35.1 Å². The summed E-state index contributed by atoms with van der Waals surface area (Å²) in [6.45, 7) is 3.92. The summed E-state index contributed by atoms with van der Waals surface area (Å²) in [4.78, 5) is 13.7. The average molecular weight is 455 g/mol. The Morgan fingerprint density at radius 1 is 0.968 bits per heavy atom. The van der Waals surface area contributed by atoms with Crippen molar-refractivity contribution in [3.05, 3.63) is 64.9 Å². The molecule has 0 aliphatic rings. The molecule has 31 heavy (non-hydrogen) atoms. The topological polar surface area (TPSA) is 69.2 Å². The smallest absolute Gasteiger partial charge is 0.163 e. The summed E-state index contributed by atoms with van der Waals surface area (Å²) in [5.74, 6) is 2.33. The highest BCUT2D eigenvalue weighted by atomic mass is 35.5. The minimum Gasteiger partial charge on any atom is -0.493 e. The van der Waals surface area contributed by atoms with E-state index in [0.717, 1.165) is 16.6 Å². The van der Waals surface area contributed by atoms with Crippen LogP contribution in [0.2, 0.25) is 10.0 Å². The van der Waals surface area contributed by atoms with Crippen molar-refractivity contribution in [3.8, 4) is 22.9 Å². The zero-order chi connectivity index (χ0) is 22.0. The normalized spacial score (nSPS) is 11.0. The van der Waals surface area contributed by atoms with Crippen LogP contribution in [0.3, 0.4) is 0 Å². The lowest BCUT2D eigenvalue weighted by atomic mass is 10.1. The summed E-state index contributed by atoms with van der Waals surface area (Å²) < 4.78 is 11.5. The molecule has 158 valence electrons. The summed E-state index contributed by atoms with van der Waals surface area (Å²) in [5, 5.41) is 5.03. The van der Waals surface area contributed by atoms with Crippen molar-refractivity contribution in [2.24, 2.45) is 0 Å². The maximum absolute atomic E-state index is 6.20. The van der Waals surface area contributed by atoms with Crippen LogP contribution in [0.4, 0.5) is 11.5 Å². The fourth-order valence-corrected chi connectivity index (χ4v) is 3.37. The van der Waals surface area contributed by atoms with E-state index in [9.17, 15) is 0 Å². The van der Waals surface area contributed by atoms with Crippen molar-refractivity contribution in [2.45, 2.75) is 20.0 Å². The molecule has 4 rings (SSSR count). The molecule has 0 bridgehead atoms. The largest absolute Gasteiger partial charge is 0.493 e. The van der Waals surface area contributed by atoms with Crippen LogP contribution in [0.25, 0.3) is 22.3 Å². The predicted molar refractivity (Wildman–Crippen MR) is 125 cm³/mol. The van der Waals surface area contributed by atoms with E-state index in [1.165, 1.54) is 0 Å². The van der Waals surface area contributed by atoms with Gasteiger partial charge in [0.1, 0.15) is 5.82 Å². The van der Waals surface area contributed by atoms with Crippen molar-refractivity contribution in [1.82, 2.24) is 15.0 Å². The predicted octanol–water partition coefficient (Wildman–Crippen LogP) is 6.54. The lowest BCUT2D eigenvalue weighted by Crippen LogP contribution is -2.07. The Kier molecular flexibility index (Phi) is 6.11. The molecule has 8 heteroatoms. The summed E-state index contributed by atoms with van der Waals surface area (Å²) in [6, 6.07) is 12.8. The maximum atomic E-state index is 6.20. The van der Waals surface area contributed by atoms with Crippen molar-refractivity contribution >= 4 is 45.6 Å². The van der Waals surface area contributed by atoms with Crippen LogP contribution in [0.5, 0.6) is 11.5 Å². The molecule has 0 saturated heterocycles. The summed E-state index contributed by atoms with van der Waals surface area (Å²) in [7, 11) is 1.60. The molecule has 0 saturated carbocycles. The molecule has 2 aromatic heterocycles. The van der Waals surface area contributed by atoms with Gasteiger partial charge < -0.3 is 14.8 Å². The summed E-state index contributed by atoms with van der Waals surface area (Å²) >= 11 is 12.3. The van der Waals surface area contributed by atoms with E-state index in [1.54, 1.807) is 31.6 Å². The number of pyridine rings is 1. The number of fused-ring (bicyclic) bond motifs is 1. The first-order valence-corrected chi connectivity index (χ1v) is 10.4. The third-order valence-electron chi connectivity index (χ3n) is 4.45. The van der Waals surface area contributed by atoms with Crippen LogP contribution in [-0.2, 0) is 0 Å². The molecule has 0 atom stereocenters. The van der Waals surface area contributed by atoms with Crippen LogP contribution < -0.4 is 14.8 Å². The SMILES string of the molecule is COc1cc2nc(-c3cccnc3)nc(Nc3ccc(Cl)c(Cl)c3)c2cc1OC(C)C. The molecule has 0 radical (unpaired) electrons. The summed E-state index contributed by atoms with van der Waals surface area (Å²) in [5.41, 5.74) is 2.24. The van der Waals surface area contributed by atoms with Crippen LogP contribution in [-0.4, -0.2) is 28.2 Å². The Labute approximate surface area is 190 Å². The number of anilines is 2. The third-order valence-corrected chi connectivity index (χ3v) is 5.18. The van der Waals surface area contributed by atoms with E-state index in [-0.39, 0.29) is 6.10 Å². The molecule has 0 fully saturated rings. The third kappa shape index (κ3) is 4.65. The first kappa shape index (κ1) is 21.2. The average Bonchev–Trinajstić information content (AvgIpc) is 2.76. The van der Waals surface area contributed by atoms with Crippen LogP contribution in [0, 0.1) is 0 Å². The minimum atomic E-state index is -0.0200. The molecule has 0 aliphatic carbocycles. The van der Waals surface area contributed by atoms with Crippen LogP contribution in [0.15, 0.2) is 54.9 Å². The first-order chi connectivity index (χ1) is 14.9. The Morgan fingerprint density at radius 2 is 1.81 bits per heavy atom. The Morgan fingerprint density at radius 3 is 2.48 bits per heavy atom. The molecular formula is C23H20Cl2N4O2. The van der Waals surface area contributed by atoms with E-state index in [4.69, 9.17) is 42.6 Å². The number of nitrogens with zero attached hydrogens (tertiary/aromatic N) is 3. The lowest BCUT2D eigenvalue weighted by molar-refractivity contribution is 0.230. The van der Waals surface area contributed by atoms with Gasteiger partial charge in [-0.2, -0.15) is 0 Å². The van der Waals surface area contributed by atoms with Gasteiger partial charge in [-0.25, -0.2) is 9.97 Å². The second-order valence-electron chi connectivity index (χ2n) is 7.08. The van der Waals surface area contributed by atoms with Gasteiger partial charge in [0.25, 0.3) is 0 Å². The summed E-state index contributed by atoms with van der Waals surface area (Å²) in [6.07, 6.45) is 3.41. The van der Waals surface area contributed by atoms with E-state index >= 15 is 0 Å². The highest BCUT2D eigenvalue weighted by molar-refractivity contribution is 6.42. The standard InChI is InChI=1S/C23H20Cl2N4O2/c1-13(2)31-21-10-16-19(11-20(21)30-3)28-22(14-5-4-8-26-12-14)29-23(16)27-15-6-7-17(24)18(25)9-15/h4-13H,1-3H3,(H,27,28,29). The molecule has 2 heterocycles. The van der Waals surface area contributed by atoms with Gasteiger partial charge in [-0.1, -0.05) is 23.2 Å². The molecule has 2 aromatic carbocycles. The van der Waals surface area contributed by atoms with Gasteiger partial charge in [-0.05, 0) is 50.2 Å². The van der Waals surface area contributed by atoms with Gasteiger partial charge in [0.05, 0.1) is 28.8 Å². The fraction of sp³-hybridized carbons (Fsp3) is 0.174. The molecule has 0 spiro atoms. The molecule has 4 aromatic rings. The molecular weight excluding hydrogens is 435 g/mol. The Bertz CT molecular complexity index is 1230. The number of rotatable bonds is 6. The van der Waals surface area contributed by atoms with Crippen molar-refractivity contribution in [3.63, 3.8) is 0 Å². The fourth-order valence-electron chi connectivity index (χ4n) is 3.07. The van der Waals surface area contributed by atoms with Gasteiger partial charge in [0.2, 0.25) is 0 Å². The molecule has 6 nitrogen and oxygen atoms in total. The monoisotopic (exact) mass is 454 g/mol. The van der Waals surface area contributed by atoms with Gasteiger partial charge in [-0.15, -0.1) is 0 Å². The van der Waals surface area contributed by atoms with Crippen molar-refractivity contribution in [1.29, 1.82) is 0 Å². The van der Waals surface area contributed by atoms with Crippen LogP contribution >= 0.6 is 23.2 Å². The molecule has 0 amide bonds. The Balaban J connectivity index is 1.91. The second kappa shape index (κ2) is 8.96. The highest BCUT2D eigenvalue weighted by Crippen LogP contribution is 2.37. The second-order valence-corrected chi connectivity index (χ2v) is 7.89. The Hall–Kier alpha value is -3.09. The lowest BCUT2D eigenvalue weighted by Gasteiger charge is -2.17. The molecule has 0 aliphatic heterocycles. The number of ether oxygens (including phenoxy) is 2.